The summed E-state index contributed by atoms with van der Waals surface area (Å²) in [6, 6.07) is 7.64. The van der Waals surface area contributed by atoms with Crippen LogP contribution in [0.3, 0.4) is 0 Å². The summed E-state index contributed by atoms with van der Waals surface area (Å²) >= 11 is 1.56. The molecule has 0 saturated heterocycles. The third kappa shape index (κ3) is 5.91. The molecule has 0 saturated carbocycles. The zero-order valence-corrected chi connectivity index (χ0v) is 14.1. The van der Waals surface area contributed by atoms with Crippen molar-refractivity contribution in [1.82, 2.24) is 10.3 Å². The van der Waals surface area contributed by atoms with Crippen LogP contribution in [0.25, 0.3) is 0 Å². The molecule has 4 nitrogen and oxygen atoms in total. The summed E-state index contributed by atoms with van der Waals surface area (Å²) in [6.07, 6.45) is 1.12. The zero-order valence-electron chi connectivity index (χ0n) is 11.7. The highest BCUT2D eigenvalue weighted by molar-refractivity contribution is 7.09. The largest absolute Gasteiger partial charge is 0.399 e. The minimum atomic E-state index is 0. The molecule has 2 rings (SSSR count). The van der Waals surface area contributed by atoms with Crippen LogP contribution in [-0.4, -0.2) is 10.9 Å². The molecule has 3 N–H and O–H groups in total. The average molecular weight is 348 g/mol. The van der Waals surface area contributed by atoms with Gasteiger partial charge in [-0.1, -0.05) is 18.2 Å². The van der Waals surface area contributed by atoms with E-state index in [-0.39, 0.29) is 30.7 Å². The van der Waals surface area contributed by atoms with Gasteiger partial charge in [-0.2, -0.15) is 0 Å². The third-order valence-electron chi connectivity index (χ3n) is 2.97. The van der Waals surface area contributed by atoms with Crippen LogP contribution in [-0.2, 0) is 17.8 Å². The van der Waals surface area contributed by atoms with Gasteiger partial charge in [0.05, 0.1) is 17.7 Å². The Hall–Kier alpha value is -1.30. The summed E-state index contributed by atoms with van der Waals surface area (Å²) < 4.78 is 0. The first kappa shape index (κ1) is 19.7. The number of nitrogens with one attached hydrogen (secondary N) is 1. The smallest absolute Gasteiger partial charge is 0.220 e. The van der Waals surface area contributed by atoms with Crippen molar-refractivity contribution in [2.75, 3.05) is 5.73 Å². The summed E-state index contributed by atoms with van der Waals surface area (Å²) in [6.45, 7) is 2.50. The summed E-state index contributed by atoms with van der Waals surface area (Å²) in [5, 5.41) is 2.91. The molecule has 116 valence electrons. The van der Waals surface area contributed by atoms with Gasteiger partial charge in [0.25, 0.3) is 0 Å². The highest BCUT2D eigenvalue weighted by Gasteiger charge is 2.06. The van der Waals surface area contributed by atoms with Gasteiger partial charge in [0.1, 0.15) is 0 Å². The maximum Gasteiger partial charge on any atom is 0.220 e. The number of thiazole rings is 1. The van der Waals surface area contributed by atoms with Gasteiger partial charge in [-0.05, 0) is 25.0 Å². The number of rotatable bonds is 5. The molecular weight excluding hydrogens is 329 g/mol. The first-order valence-electron chi connectivity index (χ1n) is 6.16. The zero-order chi connectivity index (χ0) is 13.7. The third-order valence-corrected chi connectivity index (χ3v) is 3.90. The van der Waals surface area contributed by atoms with Crippen LogP contribution in [0.5, 0.6) is 0 Å². The van der Waals surface area contributed by atoms with E-state index in [0.29, 0.717) is 19.4 Å². The van der Waals surface area contributed by atoms with Gasteiger partial charge in [0.15, 0.2) is 0 Å². The Labute approximate surface area is 141 Å². The van der Waals surface area contributed by atoms with Crippen molar-refractivity contribution in [3.05, 3.63) is 45.9 Å². The molecule has 1 heterocycles. The first-order valence-corrected chi connectivity index (χ1v) is 7.04. The van der Waals surface area contributed by atoms with Crippen LogP contribution < -0.4 is 11.1 Å². The standard InChI is InChI=1S/C14H17N3OS.2ClH/c1-10-13(19-9-17-10)8-16-14(18)7-6-11-4-2-3-5-12(11)15;;/h2-5,9H,6-8,15H2,1H3,(H,16,18);2*1H. The number of benzene rings is 1. The fourth-order valence-electron chi connectivity index (χ4n) is 1.77. The Morgan fingerprint density at radius 3 is 2.67 bits per heavy atom. The number of hydrogen-bond donors (Lipinski definition) is 2. The molecule has 7 heteroatoms. The predicted octanol–water partition coefficient (Wildman–Crippen LogP) is 3.13. The molecule has 1 aromatic carbocycles. The molecular formula is C14H19Cl2N3OS. The van der Waals surface area contributed by atoms with Gasteiger partial charge in [0, 0.05) is 17.0 Å². The summed E-state index contributed by atoms with van der Waals surface area (Å²) in [5.74, 6) is 0.0380. The number of amides is 1. The van der Waals surface area contributed by atoms with Gasteiger partial charge in [-0.25, -0.2) is 4.98 Å². The van der Waals surface area contributed by atoms with Crippen LogP contribution >= 0.6 is 36.2 Å². The van der Waals surface area contributed by atoms with E-state index in [0.717, 1.165) is 21.8 Å². The SMILES string of the molecule is Cc1ncsc1CNC(=O)CCc1ccccc1N.Cl.Cl. The Bertz CT molecular complexity index is 575. The number of aromatic nitrogens is 1. The lowest BCUT2D eigenvalue weighted by Gasteiger charge is -2.06. The maximum absolute atomic E-state index is 11.8. The number of nitrogen functional groups attached to an aromatic ring is 1. The Morgan fingerprint density at radius 1 is 1.33 bits per heavy atom. The number of para-hydroxylation sites is 1. The number of nitrogens with two attached hydrogens (primary N) is 1. The van der Waals surface area contributed by atoms with E-state index in [1.807, 2.05) is 31.2 Å². The Balaban J connectivity index is 0.00000200. The summed E-state index contributed by atoms with van der Waals surface area (Å²) in [4.78, 5) is 17.0. The van der Waals surface area contributed by atoms with Crippen molar-refractivity contribution in [1.29, 1.82) is 0 Å². The van der Waals surface area contributed by atoms with Gasteiger partial charge in [-0.3, -0.25) is 4.79 Å². The monoisotopic (exact) mass is 347 g/mol. The predicted molar refractivity (Wildman–Crippen MR) is 92.4 cm³/mol. The molecule has 0 radical (unpaired) electrons. The van der Waals surface area contributed by atoms with E-state index in [4.69, 9.17) is 5.73 Å². The molecule has 0 fully saturated rings. The fourth-order valence-corrected chi connectivity index (χ4v) is 2.49. The van der Waals surface area contributed by atoms with E-state index in [2.05, 4.69) is 10.3 Å². The van der Waals surface area contributed by atoms with Gasteiger partial charge in [-0.15, -0.1) is 36.2 Å². The second kappa shape index (κ2) is 9.60. The van der Waals surface area contributed by atoms with E-state index >= 15 is 0 Å². The van der Waals surface area contributed by atoms with Crippen LogP contribution in [0.1, 0.15) is 22.6 Å². The lowest BCUT2D eigenvalue weighted by atomic mass is 10.1. The van der Waals surface area contributed by atoms with Crippen molar-refractivity contribution < 1.29 is 4.79 Å². The number of halogens is 2. The second-order valence-corrected chi connectivity index (χ2v) is 5.28. The molecule has 0 aliphatic carbocycles. The van der Waals surface area contributed by atoms with Crippen molar-refractivity contribution in [2.45, 2.75) is 26.3 Å². The molecule has 0 aliphatic heterocycles. The average Bonchev–Trinajstić information content (AvgIpc) is 2.81. The van der Waals surface area contributed by atoms with Gasteiger partial charge in [0.2, 0.25) is 5.91 Å². The van der Waals surface area contributed by atoms with Crippen molar-refractivity contribution >= 4 is 47.7 Å². The van der Waals surface area contributed by atoms with Crippen LogP contribution in [0.2, 0.25) is 0 Å². The lowest BCUT2D eigenvalue weighted by molar-refractivity contribution is -0.121. The van der Waals surface area contributed by atoms with Crippen LogP contribution in [0.4, 0.5) is 5.69 Å². The van der Waals surface area contributed by atoms with Gasteiger partial charge >= 0.3 is 0 Å². The Kier molecular flexibility index (Phi) is 9.01. The van der Waals surface area contributed by atoms with E-state index in [9.17, 15) is 4.79 Å². The number of carbonyl (C=O) groups is 1. The molecule has 1 aromatic heterocycles. The summed E-state index contributed by atoms with van der Waals surface area (Å²) in [7, 11) is 0. The first-order chi connectivity index (χ1) is 9.16. The molecule has 2 aromatic rings. The lowest BCUT2D eigenvalue weighted by Crippen LogP contribution is -2.23. The van der Waals surface area contributed by atoms with E-state index in [1.165, 1.54) is 0 Å². The number of hydrogen-bond acceptors (Lipinski definition) is 4. The number of nitrogens with zero attached hydrogens (tertiary/aromatic N) is 1. The molecule has 0 unspecified atom stereocenters. The highest BCUT2D eigenvalue weighted by Crippen LogP contribution is 2.13. The van der Waals surface area contributed by atoms with Crippen LogP contribution in [0.15, 0.2) is 29.8 Å². The van der Waals surface area contributed by atoms with Crippen molar-refractivity contribution in [3.8, 4) is 0 Å². The normalized spacial score (nSPS) is 9.38. The molecule has 21 heavy (non-hydrogen) atoms. The van der Waals surface area contributed by atoms with E-state index < -0.39 is 0 Å². The second-order valence-electron chi connectivity index (χ2n) is 4.34. The minimum absolute atomic E-state index is 0. The molecule has 0 bridgehead atoms. The maximum atomic E-state index is 11.8. The van der Waals surface area contributed by atoms with Gasteiger partial charge < -0.3 is 11.1 Å². The van der Waals surface area contributed by atoms with Crippen molar-refractivity contribution in [2.24, 2.45) is 0 Å². The fraction of sp³-hybridized carbons (Fsp3) is 0.286. The Morgan fingerprint density at radius 2 is 2.05 bits per heavy atom. The highest BCUT2D eigenvalue weighted by atomic mass is 35.5. The van der Waals surface area contributed by atoms with Crippen LogP contribution in [0, 0.1) is 6.92 Å². The van der Waals surface area contributed by atoms with Crippen molar-refractivity contribution in [3.63, 3.8) is 0 Å². The molecule has 0 atom stereocenters. The number of aryl methyl sites for hydroxylation is 2. The minimum Gasteiger partial charge on any atom is -0.399 e. The molecule has 0 spiro atoms. The number of carbonyl (C=O) groups excluding carboxylic acids is 1. The quantitative estimate of drug-likeness (QED) is 0.816. The molecule has 0 aliphatic rings. The number of anilines is 1. The topological polar surface area (TPSA) is 68.0 Å². The van der Waals surface area contributed by atoms with E-state index in [1.54, 1.807) is 16.8 Å². The molecule has 1 amide bonds. The summed E-state index contributed by atoms with van der Waals surface area (Å²) in [5.41, 5.74) is 10.4.